The average Bonchev–Trinajstić information content (AvgIpc) is 2.80. The van der Waals surface area contributed by atoms with Gasteiger partial charge in [0.25, 0.3) is 0 Å². The number of rotatable bonds is 9. The Morgan fingerprint density at radius 2 is 1.40 bits per heavy atom. The van der Waals surface area contributed by atoms with Crippen molar-refractivity contribution in [3.05, 3.63) is 96.1 Å². The summed E-state index contributed by atoms with van der Waals surface area (Å²) in [6, 6.07) is 26.1. The molecule has 0 aliphatic carbocycles. The van der Waals surface area contributed by atoms with E-state index in [-0.39, 0.29) is 11.5 Å². The van der Waals surface area contributed by atoms with Crippen LogP contribution >= 0.6 is 11.8 Å². The SMILES string of the molecule is CCCC/C(=N/OC(=O)c1ccccc1)C(=O)c1ccc(Sc2ccccc2)cc1. The molecule has 0 saturated carbocycles. The van der Waals surface area contributed by atoms with Gasteiger partial charge in [-0.1, -0.05) is 66.7 Å². The summed E-state index contributed by atoms with van der Waals surface area (Å²) in [7, 11) is 0. The lowest BCUT2D eigenvalue weighted by Gasteiger charge is -2.07. The van der Waals surface area contributed by atoms with Gasteiger partial charge in [-0.05, 0) is 61.4 Å². The molecule has 0 aliphatic heterocycles. The minimum atomic E-state index is -0.577. The van der Waals surface area contributed by atoms with Crippen LogP contribution in [0.2, 0.25) is 0 Å². The van der Waals surface area contributed by atoms with Crippen molar-refractivity contribution in [3.8, 4) is 0 Å². The fourth-order valence-electron chi connectivity index (χ4n) is 2.73. The number of nitrogens with zero attached hydrogens (tertiary/aromatic N) is 1. The van der Waals surface area contributed by atoms with Gasteiger partial charge in [-0.3, -0.25) is 4.79 Å². The predicted molar refractivity (Wildman–Crippen MR) is 120 cm³/mol. The summed E-state index contributed by atoms with van der Waals surface area (Å²) in [6.45, 7) is 2.04. The van der Waals surface area contributed by atoms with Crippen LogP contribution < -0.4 is 0 Å². The predicted octanol–water partition coefficient (Wildman–Crippen LogP) is 6.42. The van der Waals surface area contributed by atoms with Crippen LogP contribution in [-0.4, -0.2) is 17.5 Å². The highest BCUT2D eigenvalue weighted by Gasteiger charge is 2.16. The molecule has 0 aromatic heterocycles. The maximum absolute atomic E-state index is 12.9. The molecule has 0 bridgehead atoms. The van der Waals surface area contributed by atoms with Crippen molar-refractivity contribution in [1.82, 2.24) is 0 Å². The van der Waals surface area contributed by atoms with Crippen LogP contribution in [0, 0.1) is 0 Å². The third kappa shape index (κ3) is 6.16. The van der Waals surface area contributed by atoms with E-state index in [4.69, 9.17) is 4.84 Å². The van der Waals surface area contributed by atoms with Gasteiger partial charge >= 0.3 is 5.97 Å². The third-order valence-corrected chi connectivity index (χ3v) is 5.39. The molecule has 3 rings (SSSR count). The van der Waals surface area contributed by atoms with Crippen molar-refractivity contribution in [2.24, 2.45) is 5.16 Å². The number of ketones is 1. The van der Waals surface area contributed by atoms with E-state index in [2.05, 4.69) is 5.16 Å². The number of carbonyl (C=O) groups excluding carboxylic acids is 2. The summed E-state index contributed by atoms with van der Waals surface area (Å²) in [5.41, 5.74) is 1.17. The van der Waals surface area contributed by atoms with E-state index in [1.807, 2.05) is 55.5 Å². The highest BCUT2D eigenvalue weighted by molar-refractivity contribution is 7.99. The first kappa shape index (κ1) is 21.5. The van der Waals surface area contributed by atoms with Crippen molar-refractivity contribution in [3.63, 3.8) is 0 Å². The first-order chi connectivity index (χ1) is 14.7. The van der Waals surface area contributed by atoms with E-state index in [0.29, 0.717) is 17.5 Å². The second-order valence-corrected chi connectivity index (χ2v) is 7.80. The third-order valence-electron chi connectivity index (χ3n) is 4.37. The van der Waals surface area contributed by atoms with Crippen LogP contribution in [0.1, 0.15) is 46.9 Å². The zero-order valence-corrected chi connectivity index (χ0v) is 17.6. The second-order valence-electron chi connectivity index (χ2n) is 6.65. The first-order valence-electron chi connectivity index (χ1n) is 9.88. The number of unbranched alkanes of at least 4 members (excludes halogenated alkanes) is 1. The largest absolute Gasteiger partial charge is 0.365 e. The maximum atomic E-state index is 12.9. The van der Waals surface area contributed by atoms with Crippen molar-refractivity contribution < 1.29 is 14.4 Å². The minimum Gasteiger partial charge on any atom is -0.312 e. The van der Waals surface area contributed by atoms with Gasteiger partial charge in [0.05, 0.1) is 5.56 Å². The summed E-state index contributed by atoms with van der Waals surface area (Å²) in [5.74, 6) is -0.799. The standard InChI is InChI=1S/C25H23NO3S/c1-2-3-14-23(26-29-25(28)20-10-6-4-7-11-20)24(27)19-15-17-22(18-16-19)30-21-12-8-5-9-13-21/h4-13,15-18H,2-3,14H2,1H3/b26-23-. The molecule has 152 valence electrons. The van der Waals surface area contributed by atoms with E-state index in [0.717, 1.165) is 22.6 Å². The molecule has 5 heteroatoms. The number of hydrogen-bond donors (Lipinski definition) is 0. The van der Waals surface area contributed by atoms with E-state index < -0.39 is 5.97 Å². The Balaban J connectivity index is 1.71. The molecule has 3 aromatic carbocycles. The minimum absolute atomic E-state index is 0.222. The molecule has 0 amide bonds. The van der Waals surface area contributed by atoms with Gasteiger partial charge in [0.15, 0.2) is 0 Å². The van der Waals surface area contributed by atoms with Gasteiger partial charge in [-0.25, -0.2) is 4.79 Å². The lowest BCUT2D eigenvalue weighted by atomic mass is 10.0. The van der Waals surface area contributed by atoms with Crippen molar-refractivity contribution in [1.29, 1.82) is 0 Å². The average molecular weight is 418 g/mol. The van der Waals surface area contributed by atoms with E-state index in [9.17, 15) is 9.59 Å². The summed E-state index contributed by atoms with van der Waals surface area (Å²) in [5, 5.41) is 3.92. The van der Waals surface area contributed by atoms with Gasteiger partial charge in [-0.2, -0.15) is 0 Å². The Labute approximate surface area is 181 Å². The van der Waals surface area contributed by atoms with Crippen LogP contribution in [0.3, 0.4) is 0 Å². The Morgan fingerprint density at radius 1 is 0.800 bits per heavy atom. The first-order valence-corrected chi connectivity index (χ1v) is 10.7. The Kier molecular flexibility index (Phi) is 7.98. The summed E-state index contributed by atoms with van der Waals surface area (Å²) in [6.07, 6.45) is 2.15. The zero-order valence-electron chi connectivity index (χ0n) is 16.8. The van der Waals surface area contributed by atoms with Gasteiger partial charge in [0.1, 0.15) is 5.71 Å². The molecular formula is C25H23NO3S. The molecule has 0 heterocycles. The van der Waals surface area contributed by atoms with Crippen molar-refractivity contribution in [2.45, 2.75) is 36.0 Å². The van der Waals surface area contributed by atoms with Crippen molar-refractivity contribution >= 4 is 29.2 Å². The summed E-state index contributed by atoms with van der Waals surface area (Å²) < 4.78 is 0. The fourth-order valence-corrected chi connectivity index (χ4v) is 3.57. The summed E-state index contributed by atoms with van der Waals surface area (Å²) >= 11 is 1.63. The normalized spacial score (nSPS) is 11.2. The molecule has 0 unspecified atom stereocenters. The summed E-state index contributed by atoms with van der Waals surface area (Å²) in [4.78, 5) is 32.3. The Bertz CT molecular complexity index is 1000. The molecule has 3 aromatic rings. The Hall–Kier alpha value is -3.18. The monoisotopic (exact) mass is 417 g/mol. The second kappa shape index (κ2) is 11.1. The van der Waals surface area contributed by atoms with Crippen LogP contribution in [0.4, 0.5) is 0 Å². The molecule has 30 heavy (non-hydrogen) atoms. The van der Waals surface area contributed by atoms with E-state index >= 15 is 0 Å². The topological polar surface area (TPSA) is 55.7 Å². The molecule has 0 aliphatic rings. The van der Waals surface area contributed by atoms with E-state index in [1.54, 1.807) is 48.2 Å². The molecule has 0 N–H and O–H groups in total. The molecule has 0 spiro atoms. The highest BCUT2D eigenvalue weighted by Crippen LogP contribution is 2.27. The zero-order chi connectivity index (χ0) is 21.2. The van der Waals surface area contributed by atoms with Gasteiger partial charge in [-0.15, -0.1) is 0 Å². The molecule has 0 fully saturated rings. The highest BCUT2D eigenvalue weighted by atomic mass is 32.2. The maximum Gasteiger partial charge on any atom is 0.365 e. The number of carbonyl (C=O) groups is 2. The molecule has 0 saturated heterocycles. The molecule has 0 radical (unpaired) electrons. The van der Waals surface area contributed by atoms with Crippen molar-refractivity contribution in [2.75, 3.05) is 0 Å². The quantitative estimate of drug-likeness (QED) is 0.174. The Morgan fingerprint density at radius 3 is 2.03 bits per heavy atom. The number of oxime groups is 1. The van der Waals surface area contributed by atoms with Gasteiger partial charge < -0.3 is 4.84 Å². The van der Waals surface area contributed by atoms with Crippen LogP contribution in [-0.2, 0) is 4.84 Å². The molecule has 0 atom stereocenters. The van der Waals surface area contributed by atoms with Crippen LogP contribution in [0.15, 0.2) is 99.9 Å². The van der Waals surface area contributed by atoms with Gasteiger partial charge in [0.2, 0.25) is 5.78 Å². The van der Waals surface area contributed by atoms with Crippen LogP contribution in [0.5, 0.6) is 0 Å². The molecule has 4 nitrogen and oxygen atoms in total. The number of Topliss-reactive ketones (excluding diaryl/α,β-unsaturated/α-hetero) is 1. The van der Waals surface area contributed by atoms with Crippen LogP contribution in [0.25, 0.3) is 0 Å². The van der Waals surface area contributed by atoms with Gasteiger partial charge in [0, 0.05) is 15.4 Å². The lowest BCUT2D eigenvalue weighted by Crippen LogP contribution is -2.16. The smallest absolute Gasteiger partial charge is 0.312 e. The molecular weight excluding hydrogens is 394 g/mol. The van der Waals surface area contributed by atoms with E-state index in [1.165, 1.54) is 0 Å². The lowest BCUT2D eigenvalue weighted by molar-refractivity contribution is 0.0514. The number of hydrogen-bond acceptors (Lipinski definition) is 5. The number of benzene rings is 3. The fraction of sp³-hybridized carbons (Fsp3) is 0.160.